The molecule has 3 nitrogen and oxygen atoms in total. The Labute approximate surface area is 98.0 Å². The van der Waals surface area contributed by atoms with E-state index in [0.29, 0.717) is 0 Å². The number of H-pyrrole nitrogens is 1. The fourth-order valence-electron chi connectivity index (χ4n) is 1.62. The third-order valence-electron chi connectivity index (χ3n) is 2.37. The van der Waals surface area contributed by atoms with Gasteiger partial charge in [0.1, 0.15) is 5.69 Å². The Morgan fingerprint density at radius 1 is 1.12 bits per heavy atom. The number of nitrogens with one attached hydrogen (secondary N) is 1. The van der Waals surface area contributed by atoms with E-state index in [0.717, 1.165) is 27.4 Å². The Balaban J connectivity index is 2.19. The quantitative estimate of drug-likeness (QED) is 0.628. The zero-order valence-corrected chi connectivity index (χ0v) is 9.28. The van der Waals surface area contributed by atoms with Gasteiger partial charge in [0, 0.05) is 11.1 Å². The van der Waals surface area contributed by atoms with Gasteiger partial charge in [0.05, 0.1) is 11.0 Å². The topological polar surface area (TPSA) is 41.6 Å². The molecular weight excluding hydrogens is 218 g/mol. The third kappa shape index (κ3) is 1.57. The fourth-order valence-corrected chi connectivity index (χ4v) is 1.83. The van der Waals surface area contributed by atoms with E-state index in [2.05, 4.69) is 27.6 Å². The van der Waals surface area contributed by atoms with Crippen LogP contribution in [0.4, 0.5) is 0 Å². The minimum absolute atomic E-state index is 0.787. The number of fused-ring (bicyclic) bond motifs is 1. The van der Waals surface area contributed by atoms with Gasteiger partial charge in [-0.05, 0) is 30.3 Å². The Morgan fingerprint density at radius 2 is 2.06 bits per heavy atom. The van der Waals surface area contributed by atoms with E-state index >= 15 is 0 Å². The van der Waals surface area contributed by atoms with E-state index in [1.54, 1.807) is 6.20 Å². The number of hydrogen-bond donors (Lipinski definition) is 2. The van der Waals surface area contributed by atoms with Gasteiger partial charge in [-0.25, -0.2) is 4.98 Å². The van der Waals surface area contributed by atoms with Crippen LogP contribution >= 0.6 is 12.6 Å². The number of rotatable bonds is 1. The van der Waals surface area contributed by atoms with Gasteiger partial charge < -0.3 is 4.98 Å². The monoisotopic (exact) mass is 227 g/mol. The van der Waals surface area contributed by atoms with Crippen molar-refractivity contribution in [2.24, 2.45) is 0 Å². The molecule has 0 amide bonds. The third-order valence-corrected chi connectivity index (χ3v) is 2.65. The number of aromatic nitrogens is 3. The second-order valence-corrected chi connectivity index (χ2v) is 4.02. The highest BCUT2D eigenvalue weighted by Crippen LogP contribution is 2.20. The fraction of sp³-hybridized carbons (Fsp3) is 0. The summed E-state index contributed by atoms with van der Waals surface area (Å²) in [7, 11) is 0. The molecule has 0 spiro atoms. The molecule has 78 valence electrons. The first-order valence-electron chi connectivity index (χ1n) is 4.93. The summed E-state index contributed by atoms with van der Waals surface area (Å²) in [6.45, 7) is 0. The van der Waals surface area contributed by atoms with Crippen molar-refractivity contribution in [2.75, 3.05) is 0 Å². The van der Waals surface area contributed by atoms with Crippen LogP contribution in [-0.2, 0) is 0 Å². The molecule has 1 N–H and O–H groups in total. The van der Waals surface area contributed by atoms with E-state index in [4.69, 9.17) is 0 Å². The highest BCUT2D eigenvalue weighted by atomic mass is 32.1. The summed E-state index contributed by atoms with van der Waals surface area (Å²) in [4.78, 5) is 12.9. The lowest BCUT2D eigenvalue weighted by Gasteiger charge is -1.92. The van der Waals surface area contributed by atoms with Gasteiger partial charge in [-0.2, -0.15) is 0 Å². The maximum absolute atomic E-state index is 4.47. The van der Waals surface area contributed by atoms with Crippen LogP contribution in [0.25, 0.3) is 22.6 Å². The molecule has 4 heteroatoms. The SMILES string of the molecule is Sc1ccc2nc(-c3ccccn3)[nH]c2c1. The number of nitrogens with zero attached hydrogens (tertiary/aromatic N) is 2. The molecule has 0 aliphatic rings. The average molecular weight is 227 g/mol. The lowest BCUT2D eigenvalue weighted by atomic mass is 10.3. The molecule has 2 aromatic heterocycles. The highest BCUT2D eigenvalue weighted by Gasteiger charge is 2.05. The minimum atomic E-state index is 0.787. The Hall–Kier alpha value is -1.81. The van der Waals surface area contributed by atoms with Crippen molar-refractivity contribution >= 4 is 23.7 Å². The first-order chi connectivity index (χ1) is 7.83. The van der Waals surface area contributed by atoms with Crippen molar-refractivity contribution < 1.29 is 0 Å². The Bertz CT molecular complexity index is 631. The molecule has 0 radical (unpaired) electrons. The van der Waals surface area contributed by atoms with E-state index in [9.17, 15) is 0 Å². The molecule has 2 heterocycles. The molecule has 0 aliphatic carbocycles. The van der Waals surface area contributed by atoms with Gasteiger partial charge in [-0.1, -0.05) is 6.07 Å². The lowest BCUT2D eigenvalue weighted by Crippen LogP contribution is -1.82. The molecule has 3 aromatic rings. The molecule has 0 bridgehead atoms. The van der Waals surface area contributed by atoms with Crippen molar-refractivity contribution in [3.63, 3.8) is 0 Å². The van der Waals surface area contributed by atoms with Crippen molar-refractivity contribution in [1.29, 1.82) is 0 Å². The zero-order chi connectivity index (χ0) is 11.0. The number of hydrogen-bond acceptors (Lipinski definition) is 3. The predicted molar refractivity (Wildman–Crippen MR) is 66.6 cm³/mol. The van der Waals surface area contributed by atoms with Gasteiger partial charge in [-0.3, -0.25) is 4.98 Å². The second-order valence-electron chi connectivity index (χ2n) is 3.50. The predicted octanol–water partition coefficient (Wildman–Crippen LogP) is 2.91. The van der Waals surface area contributed by atoms with Crippen LogP contribution in [0.3, 0.4) is 0 Å². The van der Waals surface area contributed by atoms with E-state index in [1.165, 1.54) is 0 Å². The van der Waals surface area contributed by atoms with E-state index < -0.39 is 0 Å². The van der Waals surface area contributed by atoms with Crippen molar-refractivity contribution in [2.45, 2.75) is 4.90 Å². The summed E-state index contributed by atoms with van der Waals surface area (Å²) in [6.07, 6.45) is 1.76. The Kier molecular flexibility index (Phi) is 2.15. The maximum Gasteiger partial charge on any atom is 0.157 e. The van der Waals surface area contributed by atoms with E-state index in [1.807, 2.05) is 36.4 Å². The van der Waals surface area contributed by atoms with Crippen LogP contribution in [0.1, 0.15) is 0 Å². The molecule has 3 rings (SSSR count). The second kappa shape index (κ2) is 3.64. The molecule has 1 aromatic carbocycles. The normalized spacial score (nSPS) is 10.8. The molecule has 0 aliphatic heterocycles. The van der Waals surface area contributed by atoms with Gasteiger partial charge >= 0.3 is 0 Å². The molecule has 0 fully saturated rings. The molecular formula is C12H9N3S. The maximum atomic E-state index is 4.47. The number of benzene rings is 1. The summed E-state index contributed by atoms with van der Waals surface area (Å²) >= 11 is 4.29. The van der Waals surface area contributed by atoms with Crippen LogP contribution in [-0.4, -0.2) is 15.0 Å². The highest BCUT2D eigenvalue weighted by molar-refractivity contribution is 7.80. The molecule has 0 unspecified atom stereocenters. The van der Waals surface area contributed by atoms with Gasteiger partial charge in [0.15, 0.2) is 5.82 Å². The number of thiol groups is 1. The van der Waals surface area contributed by atoms with Crippen LogP contribution in [0, 0.1) is 0 Å². The summed E-state index contributed by atoms with van der Waals surface area (Å²) in [5.41, 5.74) is 2.76. The van der Waals surface area contributed by atoms with Crippen LogP contribution < -0.4 is 0 Å². The van der Waals surface area contributed by atoms with Gasteiger partial charge in [0.2, 0.25) is 0 Å². The smallest absolute Gasteiger partial charge is 0.157 e. The molecule has 16 heavy (non-hydrogen) atoms. The van der Waals surface area contributed by atoms with Crippen LogP contribution in [0.2, 0.25) is 0 Å². The number of imidazole rings is 1. The van der Waals surface area contributed by atoms with Crippen LogP contribution in [0.15, 0.2) is 47.5 Å². The number of pyridine rings is 1. The summed E-state index contributed by atoms with van der Waals surface area (Å²) in [5, 5.41) is 0. The minimum Gasteiger partial charge on any atom is -0.337 e. The zero-order valence-electron chi connectivity index (χ0n) is 8.38. The van der Waals surface area contributed by atoms with Crippen molar-refractivity contribution in [3.05, 3.63) is 42.6 Å². The first kappa shape index (κ1) is 9.42. The summed E-state index contributed by atoms with van der Waals surface area (Å²) in [6, 6.07) is 11.6. The number of aromatic amines is 1. The van der Waals surface area contributed by atoms with Gasteiger partial charge in [-0.15, -0.1) is 12.6 Å². The molecule has 0 atom stereocenters. The Morgan fingerprint density at radius 3 is 2.88 bits per heavy atom. The molecule has 0 saturated carbocycles. The lowest BCUT2D eigenvalue weighted by molar-refractivity contribution is 1.24. The average Bonchev–Trinajstić information content (AvgIpc) is 2.73. The van der Waals surface area contributed by atoms with Crippen molar-refractivity contribution in [1.82, 2.24) is 15.0 Å². The first-order valence-corrected chi connectivity index (χ1v) is 5.38. The van der Waals surface area contributed by atoms with E-state index in [-0.39, 0.29) is 0 Å². The van der Waals surface area contributed by atoms with Gasteiger partial charge in [0.25, 0.3) is 0 Å². The molecule has 0 saturated heterocycles. The largest absolute Gasteiger partial charge is 0.337 e. The summed E-state index contributed by atoms with van der Waals surface area (Å²) in [5.74, 6) is 0.787. The standard InChI is InChI=1S/C12H9N3S/c16-8-4-5-9-11(7-8)15-12(14-9)10-3-1-2-6-13-10/h1-7,16H,(H,14,15). The summed E-state index contributed by atoms with van der Waals surface area (Å²) < 4.78 is 0. The van der Waals surface area contributed by atoms with Crippen molar-refractivity contribution in [3.8, 4) is 11.5 Å². The van der Waals surface area contributed by atoms with Crippen LogP contribution in [0.5, 0.6) is 0 Å².